The molecule has 1 aliphatic carbocycles. The highest BCUT2D eigenvalue weighted by Crippen LogP contribution is 2.57. The second kappa shape index (κ2) is 5.11. The number of alkyl carbamates (subject to hydrolysis) is 1. The molecule has 2 saturated heterocycles. The quantitative estimate of drug-likeness (QED) is 0.837. The highest BCUT2D eigenvalue weighted by Gasteiger charge is 2.63. The van der Waals surface area contributed by atoms with Gasteiger partial charge in [-0.3, -0.25) is 4.79 Å². The number of fused-ring (bicyclic) bond motifs is 3. The number of ether oxygens (including phenoxy) is 2. The Morgan fingerprint density at radius 2 is 1.73 bits per heavy atom. The number of hydrogen-bond donors (Lipinski definition) is 2. The van der Waals surface area contributed by atoms with Crippen molar-refractivity contribution < 1.29 is 24.2 Å². The van der Waals surface area contributed by atoms with Crippen molar-refractivity contribution in [3.05, 3.63) is 0 Å². The third kappa shape index (κ3) is 2.93. The molecule has 2 aliphatic heterocycles. The molecule has 3 rings (SSSR count). The van der Waals surface area contributed by atoms with E-state index in [0.29, 0.717) is 32.2 Å². The molecule has 0 radical (unpaired) electrons. The van der Waals surface area contributed by atoms with Crippen LogP contribution in [0, 0.1) is 5.41 Å². The van der Waals surface area contributed by atoms with Gasteiger partial charge < -0.3 is 19.9 Å². The van der Waals surface area contributed by atoms with Crippen molar-refractivity contribution in [2.45, 2.75) is 77.1 Å². The van der Waals surface area contributed by atoms with Crippen LogP contribution in [0.25, 0.3) is 0 Å². The maximum Gasteiger partial charge on any atom is 0.407 e. The number of nitrogens with one attached hydrogen (secondary N) is 1. The topological polar surface area (TPSA) is 84.9 Å². The number of hydrogen-bond acceptors (Lipinski definition) is 4. The summed E-state index contributed by atoms with van der Waals surface area (Å²) in [6.07, 6.45) is 1.96. The van der Waals surface area contributed by atoms with Crippen LogP contribution in [0.2, 0.25) is 0 Å². The zero-order chi connectivity index (χ0) is 16.8. The van der Waals surface area contributed by atoms with E-state index in [0.717, 1.165) is 0 Å². The minimum Gasteiger partial charge on any atom is -0.481 e. The fourth-order valence-electron chi connectivity index (χ4n) is 3.71. The molecule has 0 spiro atoms. The summed E-state index contributed by atoms with van der Waals surface area (Å²) in [6.45, 7) is 9.46. The van der Waals surface area contributed by atoms with E-state index in [2.05, 4.69) is 5.32 Å². The molecule has 0 aromatic rings. The SMILES string of the molecule is CC(C)(C)OC(=O)NCC12CCC(C(=O)O)(CC1)C(C)(C)O2. The number of amides is 1. The van der Waals surface area contributed by atoms with E-state index in [1.54, 1.807) is 0 Å². The lowest BCUT2D eigenvalue weighted by Gasteiger charge is -2.59. The van der Waals surface area contributed by atoms with Crippen LogP contribution >= 0.6 is 0 Å². The van der Waals surface area contributed by atoms with Crippen LogP contribution in [0.15, 0.2) is 0 Å². The summed E-state index contributed by atoms with van der Waals surface area (Å²) in [6, 6.07) is 0. The Morgan fingerprint density at radius 3 is 2.14 bits per heavy atom. The van der Waals surface area contributed by atoms with Gasteiger partial charge in [-0.25, -0.2) is 4.79 Å². The normalized spacial score (nSPS) is 33.3. The van der Waals surface area contributed by atoms with Crippen molar-refractivity contribution in [1.29, 1.82) is 0 Å². The van der Waals surface area contributed by atoms with Gasteiger partial charge in [0.05, 0.1) is 16.6 Å². The lowest BCUT2D eigenvalue weighted by atomic mass is 9.57. The van der Waals surface area contributed by atoms with E-state index in [-0.39, 0.29) is 0 Å². The highest BCUT2D eigenvalue weighted by molar-refractivity contribution is 5.77. The van der Waals surface area contributed by atoms with Gasteiger partial charge in [-0.15, -0.1) is 0 Å². The molecule has 2 bridgehead atoms. The van der Waals surface area contributed by atoms with Gasteiger partial charge in [-0.1, -0.05) is 0 Å². The van der Waals surface area contributed by atoms with Crippen LogP contribution in [0.4, 0.5) is 4.79 Å². The lowest BCUT2D eigenvalue weighted by molar-refractivity contribution is -0.273. The van der Waals surface area contributed by atoms with Crippen molar-refractivity contribution in [2.24, 2.45) is 5.41 Å². The lowest BCUT2D eigenvalue weighted by Crippen LogP contribution is -2.67. The minimum atomic E-state index is -0.819. The van der Waals surface area contributed by atoms with Crippen LogP contribution in [0.1, 0.15) is 60.3 Å². The van der Waals surface area contributed by atoms with E-state index in [1.807, 2.05) is 34.6 Å². The van der Waals surface area contributed by atoms with Gasteiger partial charge in [0.1, 0.15) is 5.60 Å². The molecule has 3 aliphatic rings. The number of carbonyl (C=O) groups is 2. The van der Waals surface area contributed by atoms with Gasteiger partial charge in [-0.2, -0.15) is 0 Å². The van der Waals surface area contributed by atoms with Crippen molar-refractivity contribution in [3.63, 3.8) is 0 Å². The Morgan fingerprint density at radius 1 is 1.18 bits per heavy atom. The van der Waals surface area contributed by atoms with Crippen LogP contribution in [-0.4, -0.2) is 40.5 Å². The molecule has 6 heteroatoms. The molecule has 1 amide bonds. The molecule has 2 N–H and O–H groups in total. The zero-order valence-electron chi connectivity index (χ0n) is 14.1. The van der Waals surface area contributed by atoms with Gasteiger partial charge in [0.25, 0.3) is 0 Å². The largest absolute Gasteiger partial charge is 0.481 e. The Bertz CT molecular complexity index is 469. The summed E-state index contributed by atoms with van der Waals surface area (Å²) in [4.78, 5) is 23.5. The molecule has 22 heavy (non-hydrogen) atoms. The molecular formula is C16H27NO5. The molecule has 0 unspecified atom stereocenters. The van der Waals surface area contributed by atoms with Gasteiger partial charge in [0, 0.05) is 6.54 Å². The zero-order valence-corrected chi connectivity index (χ0v) is 14.1. The van der Waals surface area contributed by atoms with Gasteiger partial charge in [0.15, 0.2) is 0 Å². The Kier molecular flexibility index (Phi) is 3.97. The van der Waals surface area contributed by atoms with Crippen LogP contribution in [-0.2, 0) is 14.3 Å². The van der Waals surface area contributed by atoms with E-state index >= 15 is 0 Å². The molecule has 6 nitrogen and oxygen atoms in total. The Hall–Kier alpha value is -1.30. The van der Waals surface area contributed by atoms with Crippen LogP contribution in [0.3, 0.4) is 0 Å². The molecular weight excluding hydrogens is 286 g/mol. The molecule has 126 valence electrons. The first-order chi connectivity index (χ1) is 9.92. The smallest absolute Gasteiger partial charge is 0.407 e. The molecule has 0 aromatic carbocycles. The summed E-state index contributed by atoms with van der Waals surface area (Å²) >= 11 is 0. The van der Waals surface area contributed by atoms with Crippen molar-refractivity contribution in [2.75, 3.05) is 6.54 Å². The van der Waals surface area contributed by atoms with Crippen molar-refractivity contribution in [1.82, 2.24) is 5.32 Å². The van der Waals surface area contributed by atoms with Crippen molar-refractivity contribution in [3.8, 4) is 0 Å². The first-order valence-corrected chi connectivity index (χ1v) is 7.82. The maximum absolute atomic E-state index is 11.8. The summed E-state index contributed by atoms with van der Waals surface area (Å²) < 4.78 is 11.4. The van der Waals surface area contributed by atoms with E-state index in [9.17, 15) is 14.7 Å². The summed E-state index contributed by atoms with van der Waals surface area (Å²) in [5, 5.41) is 12.4. The number of carbonyl (C=O) groups excluding carboxylic acids is 1. The summed E-state index contributed by atoms with van der Waals surface area (Å²) in [5.74, 6) is -0.786. The van der Waals surface area contributed by atoms with E-state index in [1.165, 1.54) is 0 Å². The second-order valence-electron chi connectivity index (χ2n) is 8.04. The van der Waals surface area contributed by atoms with Crippen molar-refractivity contribution >= 4 is 12.1 Å². The molecule has 2 heterocycles. The third-order valence-corrected chi connectivity index (χ3v) is 5.00. The standard InChI is InChI=1S/C16H27NO5/c1-13(2,3)21-12(20)17-10-15-6-8-16(9-7-15,11(18)19)14(4,5)22-15/h6-10H2,1-5H3,(H,17,20)(H,18,19). The second-order valence-corrected chi connectivity index (χ2v) is 8.04. The van der Waals surface area contributed by atoms with Gasteiger partial charge in [0.2, 0.25) is 0 Å². The fourth-order valence-corrected chi connectivity index (χ4v) is 3.71. The fraction of sp³-hybridized carbons (Fsp3) is 0.875. The Labute approximate surface area is 131 Å². The molecule has 3 fully saturated rings. The Balaban J connectivity index is 2.03. The van der Waals surface area contributed by atoms with E-state index in [4.69, 9.17) is 9.47 Å². The van der Waals surface area contributed by atoms with Crippen LogP contribution < -0.4 is 5.32 Å². The first kappa shape index (κ1) is 17.1. The third-order valence-electron chi connectivity index (χ3n) is 5.00. The van der Waals surface area contributed by atoms with E-state index < -0.39 is 34.3 Å². The number of rotatable bonds is 3. The molecule has 0 aromatic heterocycles. The number of aliphatic carboxylic acids is 1. The average molecular weight is 313 g/mol. The highest BCUT2D eigenvalue weighted by atomic mass is 16.6. The first-order valence-electron chi connectivity index (χ1n) is 7.82. The minimum absolute atomic E-state index is 0.348. The summed E-state index contributed by atoms with van der Waals surface area (Å²) in [7, 11) is 0. The predicted molar refractivity (Wildman–Crippen MR) is 80.7 cm³/mol. The summed E-state index contributed by atoms with van der Waals surface area (Å²) in [5.41, 5.74) is -2.59. The average Bonchev–Trinajstić information content (AvgIpc) is 2.34. The monoisotopic (exact) mass is 313 g/mol. The predicted octanol–water partition coefficient (Wildman–Crippen LogP) is 2.70. The number of carboxylic acid groups (broad SMARTS) is 1. The van der Waals surface area contributed by atoms with Gasteiger partial charge >= 0.3 is 12.1 Å². The van der Waals surface area contributed by atoms with Gasteiger partial charge in [-0.05, 0) is 60.3 Å². The number of carboxylic acids is 1. The molecule has 0 atom stereocenters. The molecule has 1 saturated carbocycles. The maximum atomic E-state index is 11.8. The van der Waals surface area contributed by atoms with Crippen LogP contribution in [0.5, 0.6) is 0 Å².